The van der Waals surface area contributed by atoms with Gasteiger partial charge < -0.3 is 4.98 Å². The van der Waals surface area contributed by atoms with Crippen molar-refractivity contribution in [3.8, 4) is 11.3 Å². The zero-order valence-corrected chi connectivity index (χ0v) is 12.8. The molecule has 8 heteroatoms. The summed E-state index contributed by atoms with van der Waals surface area (Å²) < 4.78 is 79.9. The predicted molar refractivity (Wildman–Crippen MR) is 83.9 cm³/mol. The average molecular weight is 366 g/mol. The van der Waals surface area contributed by atoms with Crippen molar-refractivity contribution >= 4 is 21.8 Å². The molecule has 0 saturated heterocycles. The molecule has 0 amide bonds. The van der Waals surface area contributed by atoms with E-state index in [4.69, 9.17) is 0 Å². The largest absolute Gasteiger partial charge is 0.417 e. The van der Waals surface area contributed by atoms with Crippen LogP contribution in [0.15, 0.2) is 42.6 Å². The molecule has 0 bridgehead atoms. The van der Waals surface area contributed by atoms with E-state index in [0.717, 1.165) is 12.1 Å². The van der Waals surface area contributed by atoms with Crippen molar-refractivity contribution in [1.29, 1.82) is 0 Å². The van der Waals surface area contributed by atoms with Crippen LogP contribution >= 0.6 is 0 Å². The fourth-order valence-corrected chi connectivity index (χ4v) is 2.93. The van der Waals surface area contributed by atoms with Crippen LogP contribution in [0.1, 0.15) is 5.56 Å². The van der Waals surface area contributed by atoms with Gasteiger partial charge in [0.05, 0.1) is 22.3 Å². The lowest BCUT2D eigenvalue weighted by Gasteiger charge is -2.10. The molecule has 0 atom stereocenters. The maximum absolute atomic E-state index is 13.8. The minimum Gasteiger partial charge on any atom is -0.358 e. The summed E-state index contributed by atoms with van der Waals surface area (Å²) in [5.41, 5.74) is -0.544. The number of alkyl halides is 3. The van der Waals surface area contributed by atoms with Crippen molar-refractivity contribution in [2.45, 2.75) is 6.18 Å². The molecule has 0 spiro atoms. The van der Waals surface area contributed by atoms with Gasteiger partial charge in [-0.2, -0.15) is 13.2 Å². The minimum absolute atomic E-state index is 0.0419. The zero-order valence-electron chi connectivity index (χ0n) is 12.8. The Morgan fingerprint density at radius 2 is 1.65 bits per heavy atom. The number of halogens is 6. The molecule has 2 aromatic carbocycles. The SMILES string of the molecule is Fc1cc2c(-c3ccc4c(C(F)(F)F)cccc4n3)c[nH]c2c(F)c1F. The first-order valence-electron chi connectivity index (χ1n) is 7.39. The van der Waals surface area contributed by atoms with Crippen LogP contribution in [0.4, 0.5) is 26.3 Å². The van der Waals surface area contributed by atoms with E-state index in [-0.39, 0.29) is 33.1 Å². The molecule has 4 aromatic rings. The van der Waals surface area contributed by atoms with Crippen molar-refractivity contribution in [2.24, 2.45) is 0 Å². The Morgan fingerprint density at radius 1 is 0.885 bits per heavy atom. The maximum Gasteiger partial charge on any atom is 0.417 e. The summed E-state index contributed by atoms with van der Waals surface area (Å²) in [6.07, 6.45) is -3.23. The lowest BCUT2D eigenvalue weighted by Crippen LogP contribution is -2.05. The molecule has 0 saturated carbocycles. The number of nitrogens with zero attached hydrogens (tertiary/aromatic N) is 1. The third-order valence-electron chi connectivity index (χ3n) is 4.13. The lowest BCUT2D eigenvalue weighted by molar-refractivity contribution is -0.136. The highest BCUT2D eigenvalue weighted by Crippen LogP contribution is 2.36. The molecule has 4 rings (SSSR count). The zero-order chi connectivity index (χ0) is 18.6. The van der Waals surface area contributed by atoms with Crippen LogP contribution in [0.25, 0.3) is 33.1 Å². The third-order valence-corrected chi connectivity index (χ3v) is 4.13. The van der Waals surface area contributed by atoms with Gasteiger partial charge in [-0.25, -0.2) is 18.2 Å². The van der Waals surface area contributed by atoms with Crippen LogP contribution in [0.3, 0.4) is 0 Å². The van der Waals surface area contributed by atoms with E-state index in [1.54, 1.807) is 0 Å². The Balaban J connectivity index is 1.95. The number of hydrogen-bond acceptors (Lipinski definition) is 1. The standard InChI is InChI=1S/C18H8F6N2/c19-12-6-9-10(7-25-17(9)16(21)15(12)20)14-5-4-8-11(18(22,23)24)2-1-3-13(8)26-14/h1-7,25H. The van der Waals surface area contributed by atoms with Gasteiger partial charge in [-0.3, -0.25) is 0 Å². The molecule has 0 fully saturated rings. The summed E-state index contributed by atoms with van der Waals surface area (Å²) in [4.78, 5) is 6.67. The first-order chi connectivity index (χ1) is 12.3. The first kappa shape index (κ1) is 16.4. The summed E-state index contributed by atoms with van der Waals surface area (Å²) in [6, 6.07) is 6.96. The molecule has 0 radical (unpaired) electrons. The Morgan fingerprint density at radius 3 is 2.38 bits per heavy atom. The second-order valence-corrected chi connectivity index (χ2v) is 5.68. The van der Waals surface area contributed by atoms with E-state index in [1.165, 1.54) is 30.5 Å². The lowest BCUT2D eigenvalue weighted by atomic mass is 10.0. The monoisotopic (exact) mass is 366 g/mol. The van der Waals surface area contributed by atoms with E-state index in [1.807, 2.05) is 0 Å². The Kier molecular flexibility index (Phi) is 3.47. The Bertz CT molecular complexity index is 1160. The second-order valence-electron chi connectivity index (χ2n) is 5.68. The van der Waals surface area contributed by atoms with Crippen LogP contribution in [0.2, 0.25) is 0 Å². The number of aromatic amines is 1. The molecule has 2 aromatic heterocycles. The number of rotatable bonds is 1. The summed E-state index contributed by atoms with van der Waals surface area (Å²) in [5, 5.41) is -0.0489. The molecule has 0 aliphatic heterocycles. The molecular weight excluding hydrogens is 358 g/mol. The van der Waals surface area contributed by atoms with Gasteiger partial charge in [0.1, 0.15) is 0 Å². The smallest absolute Gasteiger partial charge is 0.358 e. The number of fused-ring (bicyclic) bond motifs is 2. The maximum atomic E-state index is 13.8. The number of nitrogens with one attached hydrogen (secondary N) is 1. The third kappa shape index (κ3) is 2.40. The molecule has 0 aliphatic carbocycles. The van der Waals surface area contributed by atoms with Gasteiger partial charge >= 0.3 is 6.18 Å². The fourth-order valence-electron chi connectivity index (χ4n) is 2.93. The van der Waals surface area contributed by atoms with Gasteiger partial charge in [-0.1, -0.05) is 12.1 Å². The van der Waals surface area contributed by atoms with Gasteiger partial charge in [-0.15, -0.1) is 0 Å². The van der Waals surface area contributed by atoms with Crippen LogP contribution in [0.5, 0.6) is 0 Å². The van der Waals surface area contributed by atoms with Crippen LogP contribution < -0.4 is 0 Å². The summed E-state index contributed by atoms with van der Waals surface area (Å²) >= 11 is 0. The van der Waals surface area contributed by atoms with E-state index >= 15 is 0 Å². The molecule has 26 heavy (non-hydrogen) atoms. The molecule has 132 valence electrons. The number of H-pyrrole nitrogens is 1. The number of aromatic nitrogens is 2. The highest BCUT2D eigenvalue weighted by Gasteiger charge is 2.32. The quantitative estimate of drug-likeness (QED) is 0.334. The second kappa shape index (κ2) is 5.48. The number of hydrogen-bond donors (Lipinski definition) is 1. The van der Waals surface area contributed by atoms with E-state index in [9.17, 15) is 26.3 Å². The molecule has 2 nitrogen and oxygen atoms in total. The average Bonchev–Trinajstić information content (AvgIpc) is 3.01. The van der Waals surface area contributed by atoms with Crippen molar-refractivity contribution in [1.82, 2.24) is 9.97 Å². The molecule has 2 heterocycles. The Hall–Kier alpha value is -3.03. The first-order valence-corrected chi connectivity index (χ1v) is 7.39. The van der Waals surface area contributed by atoms with Crippen molar-refractivity contribution in [3.05, 3.63) is 65.6 Å². The van der Waals surface area contributed by atoms with E-state index < -0.39 is 29.2 Å². The van der Waals surface area contributed by atoms with Crippen LogP contribution in [-0.4, -0.2) is 9.97 Å². The predicted octanol–water partition coefficient (Wildman–Crippen LogP) is 5.82. The van der Waals surface area contributed by atoms with Crippen LogP contribution in [-0.2, 0) is 6.18 Å². The van der Waals surface area contributed by atoms with Gasteiger partial charge in [0.15, 0.2) is 17.5 Å². The molecule has 0 unspecified atom stereocenters. The number of benzene rings is 2. The normalized spacial score (nSPS) is 12.2. The van der Waals surface area contributed by atoms with Crippen molar-refractivity contribution in [3.63, 3.8) is 0 Å². The van der Waals surface area contributed by atoms with Gasteiger partial charge in [-0.05, 0) is 24.3 Å². The molecule has 1 N–H and O–H groups in total. The summed E-state index contributed by atoms with van der Waals surface area (Å²) in [7, 11) is 0. The van der Waals surface area contributed by atoms with Gasteiger partial charge in [0.2, 0.25) is 0 Å². The highest BCUT2D eigenvalue weighted by atomic mass is 19.4. The molecular formula is C18H8F6N2. The minimum atomic E-state index is -4.53. The molecule has 0 aliphatic rings. The number of pyridine rings is 1. The van der Waals surface area contributed by atoms with E-state index in [0.29, 0.717) is 0 Å². The topological polar surface area (TPSA) is 28.7 Å². The highest BCUT2D eigenvalue weighted by molar-refractivity contribution is 5.96. The summed E-state index contributed by atoms with van der Waals surface area (Å²) in [5.74, 6) is -4.34. The summed E-state index contributed by atoms with van der Waals surface area (Å²) in [6.45, 7) is 0. The van der Waals surface area contributed by atoms with Crippen molar-refractivity contribution in [2.75, 3.05) is 0 Å². The van der Waals surface area contributed by atoms with Crippen LogP contribution in [0, 0.1) is 17.5 Å². The van der Waals surface area contributed by atoms with Gasteiger partial charge in [0.25, 0.3) is 0 Å². The van der Waals surface area contributed by atoms with E-state index in [2.05, 4.69) is 9.97 Å². The van der Waals surface area contributed by atoms with Crippen molar-refractivity contribution < 1.29 is 26.3 Å². The van der Waals surface area contributed by atoms with Gasteiger partial charge in [0, 0.05) is 22.5 Å². The fraction of sp³-hybridized carbons (Fsp3) is 0.0556. The Labute approximate surface area is 142 Å².